The van der Waals surface area contributed by atoms with E-state index in [1.54, 1.807) is 6.92 Å². The lowest BCUT2D eigenvalue weighted by Gasteiger charge is -2.05. The number of alkyl halides is 3. The average molecular weight is 170 g/mol. The van der Waals surface area contributed by atoms with Gasteiger partial charge in [-0.25, -0.2) is 0 Å². The highest BCUT2D eigenvalue weighted by Crippen LogP contribution is 2.19. The van der Waals surface area contributed by atoms with Crippen LogP contribution in [0.5, 0.6) is 0 Å². The molecule has 0 aliphatic heterocycles. The van der Waals surface area contributed by atoms with Gasteiger partial charge in [-0.15, -0.1) is 0 Å². The Balaban J connectivity index is 3.53. The normalized spacial score (nSPS) is 11.3. The van der Waals surface area contributed by atoms with Crippen LogP contribution in [0.4, 0.5) is 13.2 Å². The zero-order chi connectivity index (χ0) is 8.91. The standard InChI is InChI=1S/C6H9F3O2/c1-2-3-11-5(10)4-6(7,8)9/h2-4H2,1H3. The van der Waals surface area contributed by atoms with Gasteiger partial charge in [-0.2, -0.15) is 13.2 Å². The molecule has 0 amide bonds. The molecule has 0 N–H and O–H groups in total. The van der Waals surface area contributed by atoms with Gasteiger partial charge in [-0.3, -0.25) is 4.79 Å². The molecule has 0 heterocycles. The van der Waals surface area contributed by atoms with E-state index in [-0.39, 0.29) is 6.61 Å². The highest BCUT2D eigenvalue weighted by molar-refractivity contribution is 5.70. The Hall–Kier alpha value is -0.740. The molecule has 0 radical (unpaired) electrons. The Labute approximate surface area is 62.3 Å². The number of rotatable bonds is 3. The first kappa shape index (κ1) is 10.3. The van der Waals surface area contributed by atoms with Crippen molar-refractivity contribution >= 4 is 5.97 Å². The van der Waals surface area contributed by atoms with Gasteiger partial charge in [0.15, 0.2) is 0 Å². The number of hydrogen-bond acceptors (Lipinski definition) is 2. The smallest absolute Gasteiger partial charge is 0.399 e. The van der Waals surface area contributed by atoms with Gasteiger partial charge in [0, 0.05) is 0 Å². The van der Waals surface area contributed by atoms with Crippen molar-refractivity contribution in [1.82, 2.24) is 0 Å². The van der Waals surface area contributed by atoms with Crippen molar-refractivity contribution in [3.8, 4) is 0 Å². The molecule has 0 rings (SSSR count). The second-order valence-electron chi connectivity index (χ2n) is 2.01. The van der Waals surface area contributed by atoms with Crippen molar-refractivity contribution in [3.05, 3.63) is 0 Å². The minimum Gasteiger partial charge on any atom is -0.465 e. The molecule has 0 aromatic heterocycles. The third-order valence-corrected chi connectivity index (χ3v) is 0.812. The van der Waals surface area contributed by atoms with Crippen molar-refractivity contribution in [1.29, 1.82) is 0 Å². The number of esters is 1. The lowest BCUT2D eigenvalue weighted by molar-refractivity contribution is -0.171. The topological polar surface area (TPSA) is 26.3 Å². The second kappa shape index (κ2) is 4.20. The van der Waals surface area contributed by atoms with E-state index in [0.29, 0.717) is 6.42 Å². The highest BCUT2D eigenvalue weighted by atomic mass is 19.4. The zero-order valence-corrected chi connectivity index (χ0v) is 6.07. The first-order valence-electron chi connectivity index (χ1n) is 3.18. The molecule has 0 aliphatic carbocycles. The lowest BCUT2D eigenvalue weighted by atomic mass is 10.4. The summed E-state index contributed by atoms with van der Waals surface area (Å²) in [5, 5.41) is 0. The average Bonchev–Trinajstić information content (AvgIpc) is 1.79. The molecule has 5 heteroatoms. The molecule has 0 saturated heterocycles. The molecule has 2 nitrogen and oxygen atoms in total. The zero-order valence-electron chi connectivity index (χ0n) is 6.07. The van der Waals surface area contributed by atoms with Crippen LogP contribution in [0.15, 0.2) is 0 Å². The first-order valence-corrected chi connectivity index (χ1v) is 3.18. The molecule has 0 unspecified atom stereocenters. The third-order valence-electron chi connectivity index (χ3n) is 0.812. The van der Waals surface area contributed by atoms with Gasteiger partial charge < -0.3 is 4.74 Å². The third kappa shape index (κ3) is 7.15. The summed E-state index contributed by atoms with van der Waals surface area (Å²) in [7, 11) is 0. The quantitative estimate of drug-likeness (QED) is 0.604. The molecule has 0 aromatic rings. The fourth-order valence-electron chi connectivity index (χ4n) is 0.431. The van der Waals surface area contributed by atoms with Gasteiger partial charge in [0.1, 0.15) is 6.42 Å². The maximum absolute atomic E-state index is 11.4. The van der Waals surface area contributed by atoms with Crippen molar-refractivity contribution in [2.45, 2.75) is 25.9 Å². The Morgan fingerprint density at radius 3 is 2.36 bits per heavy atom. The van der Waals surface area contributed by atoms with Crippen LogP contribution in [-0.4, -0.2) is 18.8 Å². The fourth-order valence-corrected chi connectivity index (χ4v) is 0.431. The van der Waals surface area contributed by atoms with Gasteiger partial charge >= 0.3 is 12.1 Å². The van der Waals surface area contributed by atoms with E-state index in [4.69, 9.17) is 0 Å². The van der Waals surface area contributed by atoms with Gasteiger partial charge in [0.05, 0.1) is 6.61 Å². The second-order valence-corrected chi connectivity index (χ2v) is 2.01. The Kier molecular flexibility index (Phi) is 3.92. The Morgan fingerprint density at radius 1 is 1.45 bits per heavy atom. The van der Waals surface area contributed by atoms with Gasteiger partial charge in [0.25, 0.3) is 0 Å². The molecule has 0 saturated carbocycles. The van der Waals surface area contributed by atoms with Crippen molar-refractivity contribution in [2.24, 2.45) is 0 Å². The van der Waals surface area contributed by atoms with Crippen LogP contribution in [0.1, 0.15) is 19.8 Å². The first-order chi connectivity index (χ1) is 4.95. The Morgan fingerprint density at radius 2 is 2.00 bits per heavy atom. The van der Waals surface area contributed by atoms with Gasteiger partial charge in [0.2, 0.25) is 0 Å². The highest BCUT2D eigenvalue weighted by Gasteiger charge is 2.31. The number of carbonyl (C=O) groups excluding carboxylic acids is 1. The van der Waals surface area contributed by atoms with E-state index < -0.39 is 18.6 Å². The van der Waals surface area contributed by atoms with E-state index in [2.05, 4.69) is 4.74 Å². The molecule has 0 fully saturated rings. The minimum atomic E-state index is -4.45. The summed E-state index contributed by atoms with van der Waals surface area (Å²) in [6.07, 6.45) is -5.42. The summed E-state index contributed by atoms with van der Waals surface area (Å²) in [5.74, 6) is -1.21. The summed E-state index contributed by atoms with van der Waals surface area (Å²) in [6, 6.07) is 0. The number of hydrogen-bond donors (Lipinski definition) is 0. The summed E-state index contributed by atoms with van der Waals surface area (Å²) in [4.78, 5) is 10.3. The van der Waals surface area contributed by atoms with E-state index >= 15 is 0 Å². The molecule has 66 valence electrons. The van der Waals surface area contributed by atoms with Crippen molar-refractivity contribution < 1.29 is 22.7 Å². The van der Waals surface area contributed by atoms with E-state index in [0.717, 1.165) is 0 Å². The van der Waals surface area contributed by atoms with Crippen LogP contribution in [0.2, 0.25) is 0 Å². The minimum absolute atomic E-state index is 0.0505. The van der Waals surface area contributed by atoms with Crippen LogP contribution in [0, 0.1) is 0 Å². The van der Waals surface area contributed by atoms with Gasteiger partial charge in [-0.1, -0.05) is 6.92 Å². The molecule has 11 heavy (non-hydrogen) atoms. The van der Waals surface area contributed by atoms with Crippen LogP contribution < -0.4 is 0 Å². The van der Waals surface area contributed by atoms with Crippen molar-refractivity contribution in [2.75, 3.05) is 6.61 Å². The lowest BCUT2D eigenvalue weighted by Crippen LogP contribution is -2.17. The van der Waals surface area contributed by atoms with E-state index in [9.17, 15) is 18.0 Å². The summed E-state index contributed by atoms with van der Waals surface area (Å²) < 4.78 is 38.5. The van der Waals surface area contributed by atoms with Crippen LogP contribution in [0.25, 0.3) is 0 Å². The summed E-state index contributed by atoms with van der Waals surface area (Å²) >= 11 is 0. The molecular formula is C6H9F3O2. The number of halogens is 3. The SMILES string of the molecule is CCCOC(=O)CC(F)(F)F. The van der Waals surface area contributed by atoms with E-state index in [1.807, 2.05) is 0 Å². The molecular weight excluding hydrogens is 161 g/mol. The van der Waals surface area contributed by atoms with Crippen LogP contribution in [-0.2, 0) is 9.53 Å². The van der Waals surface area contributed by atoms with E-state index in [1.165, 1.54) is 0 Å². The summed E-state index contributed by atoms with van der Waals surface area (Å²) in [5.41, 5.74) is 0. The molecule has 0 aliphatic rings. The molecule has 0 spiro atoms. The monoisotopic (exact) mass is 170 g/mol. The van der Waals surface area contributed by atoms with Crippen LogP contribution >= 0.6 is 0 Å². The predicted molar refractivity (Wildman–Crippen MR) is 31.9 cm³/mol. The molecule has 0 atom stereocenters. The number of ether oxygens (including phenoxy) is 1. The van der Waals surface area contributed by atoms with Gasteiger partial charge in [-0.05, 0) is 6.42 Å². The predicted octanol–water partition coefficient (Wildman–Crippen LogP) is 1.89. The fraction of sp³-hybridized carbons (Fsp3) is 0.833. The van der Waals surface area contributed by atoms with Crippen LogP contribution in [0.3, 0.4) is 0 Å². The maximum atomic E-state index is 11.4. The van der Waals surface area contributed by atoms with Crippen molar-refractivity contribution in [3.63, 3.8) is 0 Å². The maximum Gasteiger partial charge on any atom is 0.399 e. The Bertz CT molecular complexity index is 130. The summed E-state index contributed by atoms with van der Waals surface area (Å²) in [6.45, 7) is 1.76. The largest absolute Gasteiger partial charge is 0.465 e. The molecule has 0 aromatic carbocycles. The molecule has 0 bridgehead atoms. The number of carbonyl (C=O) groups is 1.